The van der Waals surface area contributed by atoms with E-state index in [-0.39, 0.29) is 29.9 Å². The van der Waals surface area contributed by atoms with Crippen molar-refractivity contribution in [1.82, 2.24) is 10.2 Å². The number of hydrogen-bond donors (Lipinski definition) is 1. The summed E-state index contributed by atoms with van der Waals surface area (Å²) in [6.45, 7) is 3.86. The van der Waals surface area contributed by atoms with Gasteiger partial charge in [0.2, 0.25) is 0 Å². The van der Waals surface area contributed by atoms with Gasteiger partial charge in [-0.05, 0) is 25.1 Å². The van der Waals surface area contributed by atoms with Crippen molar-refractivity contribution in [3.8, 4) is 0 Å². The molecule has 0 spiro atoms. The van der Waals surface area contributed by atoms with E-state index >= 15 is 0 Å². The van der Waals surface area contributed by atoms with Crippen LogP contribution in [0.25, 0.3) is 0 Å². The van der Waals surface area contributed by atoms with Crippen molar-refractivity contribution in [3.05, 3.63) is 35.4 Å². The molecule has 0 bridgehead atoms. The number of rotatable bonds is 1. The molecule has 1 amide bonds. The number of hydrogen-bond acceptors (Lipinski definition) is 2. The highest BCUT2D eigenvalue weighted by Gasteiger charge is 2.22. The first kappa shape index (κ1) is 14.9. The molecule has 18 heavy (non-hydrogen) atoms. The summed E-state index contributed by atoms with van der Waals surface area (Å²) < 4.78 is 25.8. The summed E-state index contributed by atoms with van der Waals surface area (Å²) in [5.74, 6) is -2.17. The van der Waals surface area contributed by atoms with Crippen LogP contribution in [0.5, 0.6) is 0 Å². The third kappa shape index (κ3) is 3.17. The second-order valence-corrected chi connectivity index (χ2v) is 4.24. The van der Waals surface area contributed by atoms with Gasteiger partial charge in [0.1, 0.15) is 0 Å². The van der Waals surface area contributed by atoms with Crippen molar-refractivity contribution in [2.45, 2.75) is 13.0 Å². The molecule has 1 saturated heterocycles. The molecule has 1 atom stereocenters. The third-order valence-corrected chi connectivity index (χ3v) is 2.82. The molecule has 1 aliphatic rings. The van der Waals surface area contributed by atoms with Gasteiger partial charge in [0.15, 0.2) is 11.6 Å². The number of amides is 1. The minimum Gasteiger partial charge on any atom is -0.336 e. The lowest BCUT2D eigenvalue weighted by molar-refractivity contribution is 0.0708. The van der Waals surface area contributed by atoms with Crippen LogP contribution in [0.15, 0.2) is 18.2 Å². The first-order valence-corrected chi connectivity index (χ1v) is 5.55. The first-order valence-electron chi connectivity index (χ1n) is 5.55. The molecule has 1 aliphatic heterocycles. The number of nitrogens with one attached hydrogen (secondary N) is 1. The number of carbonyl (C=O) groups is 1. The van der Waals surface area contributed by atoms with E-state index in [4.69, 9.17) is 0 Å². The predicted molar refractivity (Wildman–Crippen MR) is 67.0 cm³/mol. The standard InChI is InChI=1S/C12H14F2N2O.ClH/c1-8-7-16(5-4-15-8)12(17)9-2-3-10(13)11(14)6-9;/h2-3,6,8,15H,4-5,7H2,1H3;1H/t8-;/m0./s1. The van der Waals surface area contributed by atoms with Crippen molar-refractivity contribution >= 4 is 18.3 Å². The lowest BCUT2D eigenvalue weighted by atomic mass is 10.1. The van der Waals surface area contributed by atoms with Gasteiger partial charge in [-0.25, -0.2) is 8.78 Å². The molecule has 1 N–H and O–H groups in total. The van der Waals surface area contributed by atoms with E-state index in [9.17, 15) is 13.6 Å². The molecule has 1 heterocycles. The van der Waals surface area contributed by atoms with E-state index < -0.39 is 11.6 Å². The van der Waals surface area contributed by atoms with Gasteiger partial charge in [0.05, 0.1) is 0 Å². The Hall–Kier alpha value is -1.20. The predicted octanol–water partition coefficient (Wildman–Crippen LogP) is 1.82. The van der Waals surface area contributed by atoms with Crippen molar-refractivity contribution in [2.24, 2.45) is 0 Å². The highest BCUT2D eigenvalue weighted by Crippen LogP contribution is 2.12. The summed E-state index contributed by atoms with van der Waals surface area (Å²) in [5.41, 5.74) is 0.193. The Morgan fingerprint density at radius 3 is 2.72 bits per heavy atom. The van der Waals surface area contributed by atoms with Crippen LogP contribution < -0.4 is 5.32 Å². The van der Waals surface area contributed by atoms with Crippen molar-refractivity contribution in [2.75, 3.05) is 19.6 Å². The summed E-state index contributed by atoms with van der Waals surface area (Å²) in [6, 6.07) is 3.46. The lowest BCUT2D eigenvalue weighted by Crippen LogP contribution is -2.51. The average Bonchev–Trinajstić information content (AvgIpc) is 2.32. The zero-order valence-electron chi connectivity index (χ0n) is 9.95. The van der Waals surface area contributed by atoms with E-state index in [2.05, 4.69) is 5.32 Å². The molecule has 1 aromatic carbocycles. The van der Waals surface area contributed by atoms with Gasteiger partial charge in [-0.3, -0.25) is 4.79 Å². The highest BCUT2D eigenvalue weighted by molar-refractivity contribution is 5.94. The van der Waals surface area contributed by atoms with Crippen LogP contribution in [0.4, 0.5) is 8.78 Å². The maximum atomic E-state index is 13.0. The molecule has 2 rings (SSSR count). The van der Waals surface area contributed by atoms with Crippen LogP contribution >= 0.6 is 12.4 Å². The third-order valence-electron chi connectivity index (χ3n) is 2.82. The molecule has 100 valence electrons. The number of piperazine rings is 1. The van der Waals surface area contributed by atoms with Gasteiger partial charge in [-0.2, -0.15) is 0 Å². The van der Waals surface area contributed by atoms with E-state index in [0.29, 0.717) is 13.1 Å². The Morgan fingerprint density at radius 1 is 1.39 bits per heavy atom. The molecular formula is C12H15ClF2N2O. The summed E-state index contributed by atoms with van der Waals surface area (Å²) in [5, 5.41) is 3.21. The molecule has 0 unspecified atom stereocenters. The molecule has 0 radical (unpaired) electrons. The molecule has 3 nitrogen and oxygen atoms in total. The zero-order valence-corrected chi connectivity index (χ0v) is 10.8. The average molecular weight is 277 g/mol. The molecule has 6 heteroatoms. The van der Waals surface area contributed by atoms with E-state index in [1.54, 1.807) is 4.90 Å². The largest absolute Gasteiger partial charge is 0.336 e. The molecule has 1 fully saturated rings. The minimum absolute atomic E-state index is 0. The number of nitrogens with zero attached hydrogens (tertiary/aromatic N) is 1. The van der Waals surface area contributed by atoms with Crippen LogP contribution in [-0.4, -0.2) is 36.5 Å². The van der Waals surface area contributed by atoms with Crippen molar-refractivity contribution in [3.63, 3.8) is 0 Å². The fraction of sp³-hybridized carbons (Fsp3) is 0.417. The Bertz CT molecular complexity index is 442. The van der Waals surface area contributed by atoms with Crippen LogP contribution in [0.1, 0.15) is 17.3 Å². The SMILES string of the molecule is C[C@H]1CN(C(=O)c2ccc(F)c(F)c2)CCN1.Cl. The first-order chi connectivity index (χ1) is 8.08. The Kier molecular flexibility index (Phi) is 5.04. The second-order valence-electron chi connectivity index (χ2n) is 4.24. The maximum absolute atomic E-state index is 13.0. The lowest BCUT2D eigenvalue weighted by Gasteiger charge is -2.31. The summed E-state index contributed by atoms with van der Waals surface area (Å²) in [6.07, 6.45) is 0. The Labute approximate surface area is 111 Å². The zero-order chi connectivity index (χ0) is 12.4. The summed E-state index contributed by atoms with van der Waals surface area (Å²) in [7, 11) is 0. The van der Waals surface area contributed by atoms with Crippen molar-refractivity contribution < 1.29 is 13.6 Å². The number of carbonyl (C=O) groups excluding carboxylic acids is 1. The van der Waals surface area contributed by atoms with E-state index in [1.165, 1.54) is 6.07 Å². The summed E-state index contributed by atoms with van der Waals surface area (Å²) >= 11 is 0. The minimum atomic E-state index is -0.987. The van der Waals surface area contributed by atoms with Gasteiger partial charge >= 0.3 is 0 Å². The van der Waals surface area contributed by atoms with Crippen LogP contribution in [0.2, 0.25) is 0 Å². The molecule has 0 saturated carbocycles. The fourth-order valence-electron chi connectivity index (χ4n) is 1.93. The van der Waals surface area contributed by atoms with Gasteiger partial charge in [-0.1, -0.05) is 0 Å². The normalized spacial score (nSPS) is 19.3. The smallest absolute Gasteiger partial charge is 0.254 e. The quantitative estimate of drug-likeness (QED) is 0.849. The topological polar surface area (TPSA) is 32.3 Å². The second kappa shape index (κ2) is 6.11. The molecule has 0 aliphatic carbocycles. The Balaban J connectivity index is 0.00000162. The fourth-order valence-corrected chi connectivity index (χ4v) is 1.93. The van der Waals surface area contributed by atoms with Crippen LogP contribution in [0, 0.1) is 11.6 Å². The van der Waals surface area contributed by atoms with Gasteiger partial charge < -0.3 is 10.2 Å². The highest BCUT2D eigenvalue weighted by atomic mass is 35.5. The molecule has 0 aromatic heterocycles. The maximum Gasteiger partial charge on any atom is 0.254 e. The van der Waals surface area contributed by atoms with Gasteiger partial charge in [0, 0.05) is 31.2 Å². The monoisotopic (exact) mass is 276 g/mol. The Morgan fingerprint density at radius 2 is 2.11 bits per heavy atom. The number of benzene rings is 1. The van der Waals surface area contributed by atoms with Crippen molar-refractivity contribution in [1.29, 1.82) is 0 Å². The van der Waals surface area contributed by atoms with Crippen LogP contribution in [0.3, 0.4) is 0 Å². The molecule has 1 aromatic rings. The van der Waals surface area contributed by atoms with Gasteiger partial charge in [0.25, 0.3) is 5.91 Å². The van der Waals surface area contributed by atoms with Gasteiger partial charge in [-0.15, -0.1) is 12.4 Å². The van der Waals surface area contributed by atoms with E-state index in [0.717, 1.165) is 18.7 Å². The summed E-state index contributed by atoms with van der Waals surface area (Å²) in [4.78, 5) is 13.7. The molecular weight excluding hydrogens is 262 g/mol. The number of halogens is 3. The van der Waals surface area contributed by atoms with E-state index in [1.807, 2.05) is 6.92 Å². The van der Waals surface area contributed by atoms with Crippen LogP contribution in [-0.2, 0) is 0 Å².